The smallest absolute Gasteiger partial charge is 0.258 e. The van der Waals surface area contributed by atoms with E-state index in [0.29, 0.717) is 18.3 Å². The van der Waals surface area contributed by atoms with Crippen LogP contribution in [0.2, 0.25) is 0 Å². The van der Waals surface area contributed by atoms with E-state index in [1.807, 2.05) is 18.2 Å². The molecule has 110 valence electrons. The van der Waals surface area contributed by atoms with Gasteiger partial charge in [0, 0.05) is 18.2 Å². The highest BCUT2D eigenvalue weighted by atomic mass is 79.9. The van der Waals surface area contributed by atoms with Crippen LogP contribution < -0.4 is 15.8 Å². The number of carbonyl (C=O) groups is 1. The molecule has 1 fully saturated rings. The molecule has 0 aromatic heterocycles. The van der Waals surface area contributed by atoms with Gasteiger partial charge >= 0.3 is 0 Å². The number of ether oxygens (including phenoxy) is 1. The average Bonchev–Trinajstić information content (AvgIpc) is 2.46. The van der Waals surface area contributed by atoms with Crippen molar-refractivity contribution in [1.29, 1.82) is 0 Å². The minimum atomic E-state index is -0.0596. The Labute approximate surface area is 128 Å². The van der Waals surface area contributed by atoms with Gasteiger partial charge in [0.15, 0.2) is 6.61 Å². The predicted octanol–water partition coefficient (Wildman–Crippen LogP) is 2.74. The van der Waals surface area contributed by atoms with Crippen LogP contribution >= 0.6 is 15.9 Å². The van der Waals surface area contributed by atoms with Crippen LogP contribution in [0.15, 0.2) is 22.7 Å². The van der Waals surface area contributed by atoms with E-state index in [4.69, 9.17) is 10.5 Å². The summed E-state index contributed by atoms with van der Waals surface area (Å²) >= 11 is 3.42. The van der Waals surface area contributed by atoms with Gasteiger partial charge in [-0.3, -0.25) is 4.79 Å². The fraction of sp³-hybridized carbons (Fsp3) is 0.533. The first-order chi connectivity index (χ1) is 9.70. The number of para-hydroxylation sites is 1. The van der Waals surface area contributed by atoms with Crippen molar-refractivity contribution < 1.29 is 9.53 Å². The van der Waals surface area contributed by atoms with E-state index in [1.54, 1.807) is 0 Å². The van der Waals surface area contributed by atoms with Crippen molar-refractivity contribution in [1.82, 2.24) is 5.32 Å². The molecule has 0 atom stereocenters. The molecule has 1 aromatic rings. The second-order valence-corrected chi connectivity index (χ2v) is 5.98. The summed E-state index contributed by atoms with van der Waals surface area (Å²) in [6.07, 6.45) is 5.84. The Morgan fingerprint density at radius 2 is 2.10 bits per heavy atom. The highest BCUT2D eigenvalue weighted by Gasteiger charge is 2.16. The Morgan fingerprint density at radius 1 is 1.35 bits per heavy atom. The van der Waals surface area contributed by atoms with E-state index in [2.05, 4.69) is 21.2 Å². The average molecular weight is 341 g/mol. The molecule has 1 amide bonds. The minimum Gasteiger partial charge on any atom is -0.482 e. The van der Waals surface area contributed by atoms with Gasteiger partial charge in [-0.15, -0.1) is 0 Å². The van der Waals surface area contributed by atoms with Gasteiger partial charge in [0.25, 0.3) is 5.91 Å². The van der Waals surface area contributed by atoms with Crippen LogP contribution in [0.25, 0.3) is 0 Å². The van der Waals surface area contributed by atoms with Crippen LogP contribution in [0.4, 0.5) is 0 Å². The van der Waals surface area contributed by atoms with E-state index < -0.39 is 0 Å². The largest absolute Gasteiger partial charge is 0.482 e. The molecular weight excluding hydrogens is 320 g/mol. The lowest BCUT2D eigenvalue weighted by Gasteiger charge is -2.23. The number of rotatable bonds is 5. The number of nitrogens with two attached hydrogens (primary N) is 1. The van der Waals surface area contributed by atoms with E-state index in [9.17, 15) is 4.79 Å². The van der Waals surface area contributed by atoms with Crippen LogP contribution in [-0.2, 0) is 11.3 Å². The Kier molecular flexibility index (Phi) is 5.86. The maximum Gasteiger partial charge on any atom is 0.258 e. The summed E-state index contributed by atoms with van der Waals surface area (Å²) in [5.74, 6) is 0.601. The maximum atomic E-state index is 11.9. The van der Waals surface area contributed by atoms with E-state index in [-0.39, 0.29) is 12.5 Å². The molecule has 1 aliphatic carbocycles. The molecule has 1 saturated carbocycles. The number of hydrogen-bond donors (Lipinski definition) is 2. The summed E-state index contributed by atoms with van der Waals surface area (Å²) < 4.78 is 6.45. The van der Waals surface area contributed by atoms with Crippen LogP contribution in [0.3, 0.4) is 0 Å². The summed E-state index contributed by atoms with van der Waals surface area (Å²) in [7, 11) is 0. The van der Waals surface area contributed by atoms with Gasteiger partial charge in [-0.2, -0.15) is 0 Å². The van der Waals surface area contributed by atoms with Crippen molar-refractivity contribution in [2.24, 2.45) is 5.73 Å². The normalized spacial score (nSPS) is 15.9. The standard InChI is InChI=1S/C15H21BrN2O2/c16-13-8-4-5-11(9-17)15(13)20-10-14(19)18-12-6-2-1-3-7-12/h4-5,8,12H,1-3,6-7,9-10,17H2,(H,18,19). The second-order valence-electron chi connectivity index (χ2n) is 5.12. The lowest BCUT2D eigenvalue weighted by atomic mass is 9.95. The zero-order valence-corrected chi connectivity index (χ0v) is 13.1. The third-order valence-corrected chi connectivity index (χ3v) is 4.21. The van der Waals surface area contributed by atoms with E-state index >= 15 is 0 Å². The monoisotopic (exact) mass is 340 g/mol. The van der Waals surface area contributed by atoms with Gasteiger partial charge in [0.05, 0.1) is 4.47 Å². The quantitative estimate of drug-likeness (QED) is 0.866. The highest BCUT2D eigenvalue weighted by Crippen LogP contribution is 2.28. The Balaban J connectivity index is 1.86. The number of hydrogen-bond acceptors (Lipinski definition) is 3. The Hall–Kier alpha value is -1.07. The lowest BCUT2D eigenvalue weighted by Crippen LogP contribution is -2.39. The minimum absolute atomic E-state index is 0.0338. The molecule has 20 heavy (non-hydrogen) atoms. The molecule has 0 aliphatic heterocycles. The first-order valence-electron chi connectivity index (χ1n) is 7.10. The van der Waals surface area contributed by atoms with Crippen molar-refractivity contribution in [2.75, 3.05) is 6.61 Å². The number of halogens is 1. The van der Waals surface area contributed by atoms with Crippen molar-refractivity contribution in [3.8, 4) is 5.75 Å². The molecule has 0 bridgehead atoms. The van der Waals surface area contributed by atoms with Crippen molar-refractivity contribution in [3.63, 3.8) is 0 Å². The Bertz CT molecular complexity index is 459. The van der Waals surface area contributed by atoms with E-state index in [1.165, 1.54) is 19.3 Å². The molecule has 2 rings (SSSR count). The third kappa shape index (κ3) is 4.21. The molecule has 0 heterocycles. The Morgan fingerprint density at radius 3 is 2.80 bits per heavy atom. The van der Waals surface area contributed by atoms with Crippen molar-refractivity contribution in [3.05, 3.63) is 28.2 Å². The molecule has 4 nitrogen and oxygen atoms in total. The maximum absolute atomic E-state index is 11.9. The summed E-state index contributed by atoms with van der Waals surface area (Å²) in [5.41, 5.74) is 6.57. The zero-order valence-electron chi connectivity index (χ0n) is 11.5. The molecule has 5 heteroatoms. The van der Waals surface area contributed by atoms with Gasteiger partial charge in [-0.25, -0.2) is 0 Å². The molecule has 0 spiro atoms. The number of amides is 1. The lowest BCUT2D eigenvalue weighted by molar-refractivity contribution is -0.124. The third-order valence-electron chi connectivity index (χ3n) is 3.59. The van der Waals surface area contributed by atoms with Gasteiger partial charge < -0.3 is 15.8 Å². The molecule has 1 aliphatic rings. The molecule has 1 aromatic carbocycles. The zero-order chi connectivity index (χ0) is 14.4. The van der Waals surface area contributed by atoms with Gasteiger partial charge in [-0.1, -0.05) is 31.4 Å². The molecule has 0 saturated heterocycles. The van der Waals surface area contributed by atoms with Gasteiger partial charge in [0.2, 0.25) is 0 Å². The summed E-state index contributed by atoms with van der Waals surface area (Å²) in [4.78, 5) is 11.9. The molecule has 0 radical (unpaired) electrons. The van der Waals surface area contributed by atoms with Crippen LogP contribution in [-0.4, -0.2) is 18.6 Å². The highest BCUT2D eigenvalue weighted by molar-refractivity contribution is 9.10. The van der Waals surface area contributed by atoms with E-state index in [0.717, 1.165) is 22.9 Å². The van der Waals surface area contributed by atoms with Crippen molar-refractivity contribution >= 4 is 21.8 Å². The molecule has 3 N–H and O–H groups in total. The summed E-state index contributed by atoms with van der Waals surface area (Å²) in [6.45, 7) is 0.422. The van der Waals surface area contributed by atoms with Crippen LogP contribution in [0, 0.1) is 0 Å². The molecule has 0 unspecified atom stereocenters. The van der Waals surface area contributed by atoms with Gasteiger partial charge in [-0.05, 0) is 34.8 Å². The van der Waals surface area contributed by atoms with Crippen molar-refractivity contribution in [2.45, 2.75) is 44.7 Å². The summed E-state index contributed by atoms with van der Waals surface area (Å²) in [6, 6.07) is 6.00. The fourth-order valence-corrected chi connectivity index (χ4v) is 3.05. The number of carbonyl (C=O) groups excluding carboxylic acids is 1. The predicted molar refractivity (Wildman–Crippen MR) is 82.5 cm³/mol. The first-order valence-corrected chi connectivity index (χ1v) is 7.89. The van der Waals surface area contributed by atoms with Crippen LogP contribution in [0.5, 0.6) is 5.75 Å². The second kappa shape index (κ2) is 7.64. The SMILES string of the molecule is NCc1cccc(Br)c1OCC(=O)NC1CCCCC1. The van der Waals surface area contributed by atoms with Crippen LogP contribution in [0.1, 0.15) is 37.7 Å². The molecular formula is C15H21BrN2O2. The fourth-order valence-electron chi connectivity index (χ4n) is 2.53. The van der Waals surface area contributed by atoms with Gasteiger partial charge in [0.1, 0.15) is 5.75 Å². The number of nitrogens with one attached hydrogen (secondary N) is 1. The topological polar surface area (TPSA) is 64.3 Å². The number of benzene rings is 1. The first kappa shape index (κ1) is 15.3. The summed E-state index contributed by atoms with van der Waals surface area (Å²) in [5, 5.41) is 3.04.